The molecule has 0 bridgehead atoms. The molecule has 0 saturated carbocycles. The molecule has 1 aliphatic rings. The monoisotopic (exact) mass is 821 g/mol. The third kappa shape index (κ3) is 7.23. The van der Waals surface area contributed by atoms with Crippen LogP contribution in [0.2, 0.25) is 17.3 Å². The summed E-state index contributed by atoms with van der Waals surface area (Å²) in [7, 11) is 0. The van der Waals surface area contributed by atoms with E-state index in [1.165, 1.54) is 43.0 Å². The van der Waals surface area contributed by atoms with Crippen molar-refractivity contribution >= 4 is 56.8 Å². The van der Waals surface area contributed by atoms with Crippen LogP contribution in [0.5, 0.6) is 0 Å². The van der Waals surface area contributed by atoms with Crippen LogP contribution in [0.1, 0.15) is 58.9 Å². The number of carbonyl (C=O) groups excluding carboxylic acids is 1. The van der Waals surface area contributed by atoms with Gasteiger partial charge in [0.25, 0.3) is 0 Å². The number of rotatable bonds is 8. The van der Waals surface area contributed by atoms with Crippen molar-refractivity contribution in [3.63, 3.8) is 0 Å². The van der Waals surface area contributed by atoms with Gasteiger partial charge < -0.3 is 5.11 Å². The average Bonchev–Trinajstić information content (AvgIpc) is 2.95. The van der Waals surface area contributed by atoms with E-state index in [9.17, 15) is 9.90 Å². The van der Waals surface area contributed by atoms with E-state index in [-0.39, 0.29) is 43.5 Å². The Bertz CT molecular complexity index is 1600. The second-order valence-corrected chi connectivity index (χ2v) is 23.8. The number of aromatic nitrogens is 1. The van der Waals surface area contributed by atoms with Gasteiger partial charge in [0, 0.05) is 38.0 Å². The molecule has 2 heterocycles. The molecule has 3 nitrogen and oxygen atoms in total. The van der Waals surface area contributed by atoms with Crippen molar-refractivity contribution in [2.45, 2.75) is 87.4 Å². The van der Waals surface area contributed by atoms with E-state index in [0.717, 1.165) is 36.9 Å². The normalized spacial score (nSPS) is 12.7. The van der Waals surface area contributed by atoms with Crippen molar-refractivity contribution in [1.82, 2.24) is 4.98 Å². The second kappa shape index (κ2) is 14.7. The van der Waals surface area contributed by atoms with Gasteiger partial charge in [0.1, 0.15) is 0 Å². The van der Waals surface area contributed by atoms with Crippen LogP contribution >= 0.6 is 11.8 Å². The number of hydrogen-bond acceptors (Lipinski definition) is 4. The Hall–Kier alpha value is -1.92. The Balaban J connectivity index is 0.000000263. The van der Waals surface area contributed by atoms with Gasteiger partial charge in [-0.1, -0.05) is 27.7 Å². The number of fused-ring (bicyclic) bond motifs is 3. The first-order valence-corrected chi connectivity index (χ1v) is 23.2. The van der Waals surface area contributed by atoms with Crippen LogP contribution in [0.25, 0.3) is 32.8 Å². The number of nitrogens with zero attached hydrogens (tertiary/aromatic N) is 1. The van der Waals surface area contributed by atoms with E-state index in [0.29, 0.717) is 0 Å². The summed E-state index contributed by atoms with van der Waals surface area (Å²) in [4.78, 5) is 19.2. The first-order valence-electron chi connectivity index (χ1n) is 15.0. The minimum Gasteiger partial charge on any atom is 0 e. The molecule has 0 spiro atoms. The summed E-state index contributed by atoms with van der Waals surface area (Å²) < 4.78 is 1.56. The van der Waals surface area contributed by atoms with Crippen molar-refractivity contribution in [2.24, 2.45) is 11.8 Å². The molecule has 0 aliphatic carbocycles. The summed E-state index contributed by atoms with van der Waals surface area (Å²) >= 11 is -0.00375. The Morgan fingerprint density at radius 3 is 2.26 bits per heavy atom. The fourth-order valence-corrected chi connectivity index (χ4v) is 9.49. The van der Waals surface area contributed by atoms with Crippen molar-refractivity contribution in [3.8, 4) is 11.3 Å². The Morgan fingerprint density at radius 1 is 1.00 bits per heavy atom. The fraction of sp³-hybridized carbons (Fsp3) is 0.389. The standard InChI is InChI=1S/C23H20GeNS.C13H24O2.Ir/c1-14-18-8-6-5-7-15(18)12-19-22-21-16(9-10-25-22)11-17(24(2,3)4)13-20(21)26-23(14)19;1-5-10(6-2)12(14)9-13(15)11(7-3)8-4;/h5-11,13H,1-4H3;9-11,14H,5-8H2,1-4H3;/q-1;;/b;12-9-;. The van der Waals surface area contributed by atoms with E-state index in [1.807, 2.05) is 45.7 Å². The number of aliphatic hydroxyl groups excluding tert-OH is 1. The number of aryl methyl sites for hydroxylation is 1. The number of carbonyl (C=O) groups is 1. The smallest absolute Gasteiger partial charge is 0 e. The maximum atomic E-state index is 11.7. The zero-order chi connectivity index (χ0) is 29.9. The third-order valence-electron chi connectivity index (χ3n) is 8.38. The zero-order valence-corrected chi connectivity index (χ0v) is 31.5. The van der Waals surface area contributed by atoms with Crippen LogP contribution in [0.15, 0.2) is 70.3 Å². The van der Waals surface area contributed by atoms with Gasteiger partial charge in [-0.2, -0.15) is 0 Å². The predicted molar refractivity (Wildman–Crippen MR) is 179 cm³/mol. The van der Waals surface area contributed by atoms with E-state index in [1.54, 1.807) is 4.40 Å². The molecular weight excluding hydrogens is 775 g/mol. The molecule has 5 rings (SSSR count). The van der Waals surface area contributed by atoms with Gasteiger partial charge in [-0.25, -0.2) is 0 Å². The topological polar surface area (TPSA) is 50.2 Å². The van der Waals surface area contributed by atoms with Gasteiger partial charge in [-0.15, -0.1) is 0 Å². The summed E-state index contributed by atoms with van der Waals surface area (Å²) in [5.74, 6) is 7.93. The van der Waals surface area contributed by atoms with Crippen molar-refractivity contribution < 1.29 is 30.0 Å². The number of pyridine rings is 1. The number of hydrogen-bond donors (Lipinski definition) is 1. The third-order valence-corrected chi connectivity index (χ3v) is 13.9. The maximum absolute atomic E-state index is 11.7. The largest absolute Gasteiger partial charge is 0 e. The summed E-state index contributed by atoms with van der Waals surface area (Å²) in [6.45, 7) is 10.3. The predicted octanol–water partition coefficient (Wildman–Crippen LogP) is 10.0. The second-order valence-electron chi connectivity index (χ2n) is 12.1. The molecule has 1 radical (unpaired) electrons. The molecule has 0 amide bonds. The Labute approximate surface area is 272 Å². The Kier molecular flexibility index (Phi) is 12.1. The zero-order valence-electron chi connectivity index (χ0n) is 26.2. The van der Waals surface area contributed by atoms with Crippen molar-refractivity contribution in [1.29, 1.82) is 0 Å². The molecule has 1 N–H and O–H groups in total. The molecule has 0 fully saturated rings. The van der Waals surface area contributed by atoms with E-state index >= 15 is 0 Å². The van der Waals surface area contributed by atoms with Crippen molar-refractivity contribution in [2.75, 3.05) is 0 Å². The Morgan fingerprint density at radius 2 is 1.64 bits per heavy atom. The first kappa shape index (κ1) is 34.6. The van der Waals surface area contributed by atoms with E-state index in [4.69, 9.17) is 4.98 Å². The summed E-state index contributed by atoms with van der Waals surface area (Å²) in [6.07, 6.45) is 6.86. The molecule has 0 unspecified atom stereocenters. The SMILES string of the molecule is CCC(CC)C(=O)/C=C(\O)C(CC)CC.Cc1c2c([c-]c3ccccc13)-c1nccc3c[c]([Ge]([CH3])([CH3])[CH3])cc(c13)S2.[Ir]. The van der Waals surface area contributed by atoms with Crippen LogP contribution in [0, 0.1) is 24.8 Å². The quantitative estimate of drug-likeness (QED) is 0.0734. The number of aliphatic hydroxyl groups is 1. The summed E-state index contributed by atoms with van der Waals surface area (Å²) in [5, 5.41) is 14.8. The fourth-order valence-electron chi connectivity index (χ4n) is 5.59. The van der Waals surface area contributed by atoms with Crippen LogP contribution in [0.4, 0.5) is 0 Å². The molecule has 1 aliphatic heterocycles. The molecule has 3 aromatic carbocycles. The van der Waals surface area contributed by atoms with Gasteiger partial charge in [0.2, 0.25) is 0 Å². The van der Waals surface area contributed by atoms with Crippen LogP contribution in [-0.2, 0) is 24.9 Å². The maximum Gasteiger partial charge on any atom is 0 e. The summed E-state index contributed by atoms with van der Waals surface area (Å²) in [6, 6.07) is 19.2. The minimum absolute atomic E-state index is 0. The van der Waals surface area contributed by atoms with E-state index in [2.05, 4.69) is 72.7 Å². The molecular formula is C36H44GeIrNO2S-. The van der Waals surface area contributed by atoms with Crippen molar-refractivity contribution in [3.05, 3.63) is 72.1 Å². The van der Waals surface area contributed by atoms with Gasteiger partial charge in [0.05, 0.1) is 5.76 Å². The molecule has 1 aromatic heterocycles. The van der Waals surface area contributed by atoms with Gasteiger partial charge in [0.15, 0.2) is 5.78 Å². The van der Waals surface area contributed by atoms with E-state index < -0.39 is 13.3 Å². The van der Waals surface area contributed by atoms with Gasteiger partial charge >= 0.3 is 161 Å². The van der Waals surface area contributed by atoms with Gasteiger partial charge in [-0.3, -0.25) is 4.79 Å². The average molecular weight is 820 g/mol. The van der Waals surface area contributed by atoms with Gasteiger partial charge in [-0.05, 0) is 25.7 Å². The van der Waals surface area contributed by atoms with Crippen LogP contribution in [-0.4, -0.2) is 29.1 Å². The molecule has 4 aromatic rings. The molecule has 0 atom stereocenters. The summed E-state index contributed by atoms with van der Waals surface area (Å²) in [5.41, 5.74) is 3.59. The van der Waals surface area contributed by atoms with Crippen LogP contribution < -0.4 is 4.40 Å². The number of ketones is 1. The molecule has 6 heteroatoms. The minimum atomic E-state index is -1.91. The molecule has 225 valence electrons. The molecule has 0 saturated heterocycles. The number of benzene rings is 3. The first-order chi connectivity index (χ1) is 19.5. The molecule has 42 heavy (non-hydrogen) atoms. The van der Waals surface area contributed by atoms with Crippen LogP contribution in [0.3, 0.4) is 0 Å². The number of allylic oxidation sites excluding steroid dienone is 2.